The van der Waals surface area contributed by atoms with E-state index < -0.39 is 0 Å². The first-order chi connectivity index (χ1) is 17.9. The van der Waals surface area contributed by atoms with E-state index in [1.54, 1.807) is 30.0 Å². The summed E-state index contributed by atoms with van der Waals surface area (Å²) in [4.78, 5) is 12.9. The highest BCUT2D eigenvalue weighted by molar-refractivity contribution is 7.98. The first-order valence-corrected chi connectivity index (χ1v) is 14.1. The number of unbranched alkanes of at least 4 members (excludes halogenated alkanes) is 2. The van der Waals surface area contributed by atoms with Gasteiger partial charge in [0.2, 0.25) is 0 Å². The van der Waals surface area contributed by atoms with Crippen molar-refractivity contribution in [3.63, 3.8) is 0 Å². The Kier molecular flexibility index (Phi) is 9.67. The largest absolute Gasteiger partial charge is 0.345 e. The van der Waals surface area contributed by atoms with Crippen LogP contribution in [0.25, 0.3) is 5.69 Å². The lowest BCUT2D eigenvalue weighted by Gasteiger charge is -2.13. The molecule has 1 amide bonds. The highest BCUT2D eigenvalue weighted by atomic mass is 35.5. The van der Waals surface area contributed by atoms with Crippen LogP contribution in [0.2, 0.25) is 10.0 Å². The normalized spacial score (nSPS) is 11.0. The van der Waals surface area contributed by atoms with Crippen molar-refractivity contribution >= 4 is 40.9 Å². The van der Waals surface area contributed by atoms with Crippen LogP contribution in [0.3, 0.4) is 0 Å². The van der Waals surface area contributed by atoms with Crippen LogP contribution in [-0.2, 0) is 18.7 Å². The molecule has 0 saturated heterocycles. The van der Waals surface area contributed by atoms with Gasteiger partial charge in [0.25, 0.3) is 5.91 Å². The molecule has 0 aliphatic carbocycles. The quantitative estimate of drug-likeness (QED) is 0.152. The predicted octanol–water partition coefficient (Wildman–Crippen LogP) is 7.84. The Balaban J connectivity index is 1.52. The van der Waals surface area contributed by atoms with E-state index in [2.05, 4.69) is 47.6 Å². The fourth-order valence-corrected chi connectivity index (χ4v) is 5.30. The number of nitrogens with zero attached hydrogens (tertiary/aromatic N) is 3. The molecule has 1 aromatic heterocycles. The Labute approximate surface area is 232 Å². The summed E-state index contributed by atoms with van der Waals surface area (Å²) in [5.41, 5.74) is 4.92. The Morgan fingerprint density at radius 1 is 0.973 bits per heavy atom. The SMILES string of the molecule is CCCCCc1ccc(C(=O)NCc2nnc(SCc3cccc(C)c3)n2-c2cc(Cl)ccc2Cl)cc1. The van der Waals surface area contributed by atoms with Crippen LogP contribution >= 0.6 is 35.0 Å². The molecule has 37 heavy (non-hydrogen) atoms. The van der Waals surface area contributed by atoms with Crippen molar-refractivity contribution in [1.82, 2.24) is 20.1 Å². The van der Waals surface area contributed by atoms with Crippen LogP contribution in [0.15, 0.2) is 71.9 Å². The second-order valence-corrected chi connectivity index (χ2v) is 10.7. The van der Waals surface area contributed by atoms with Crippen LogP contribution in [0.5, 0.6) is 0 Å². The van der Waals surface area contributed by atoms with E-state index in [0.29, 0.717) is 32.3 Å². The Morgan fingerprint density at radius 2 is 1.78 bits per heavy atom. The second-order valence-electron chi connectivity index (χ2n) is 8.94. The van der Waals surface area contributed by atoms with Gasteiger partial charge in [-0.2, -0.15) is 0 Å². The zero-order valence-electron chi connectivity index (χ0n) is 21.0. The van der Waals surface area contributed by atoms with E-state index in [4.69, 9.17) is 23.2 Å². The molecule has 1 N–H and O–H groups in total. The van der Waals surface area contributed by atoms with E-state index >= 15 is 0 Å². The standard InChI is InChI=1S/C29H30Cl2N4OS/c1-3-4-5-8-21-10-12-23(13-11-21)28(36)32-18-27-33-34-29(37-19-22-9-6-7-20(2)16-22)35(27)26-17-24(30)14-15-25(26)31/h6-7,9-17H,3-5,8,18-19H2,1-2H3,(H,32,36). The fraction of sp³-hybridized carbons (Fsp3) is 0.276. The number of aromatic nitrogens is 3. The van der Waals surface area contributed by atoms with E-state index in [0.717, 1.165) is 18.6 Å². The van der Waals surface area contributed by atoms with E-state index in [-0.39, 0.29) is 12.5 Å². The molecule has 5 nitrogen and oxygen atoms in total. The number of hydrogen-bond donors (Lipinski definition) is 1. The summed E-state index contributed by atoms with van der Waals surface area (Å²) in [5.74, 6) is 1.12. The summed E-state index contributed by atoms with van der Waals surface area (Å²) in [5, 5.41) is 13.5. The molecule has 8 heteroatoms. The molecule has 4 aromatic rings. The van der Waals surface area contributed by atoms with Crippen molar-refractivity contribution in [3.05, 3.63) is 105 Å². The molecule has 0 atom stereocenters. The van der Waals surface area contributed by atoms with E-state index in [9.17, 15) is 4.79 Å². The van der Waals surface area contributed by atoms with Gasteiger partial charge < -0.3 is 5.32 Å². The highest BCUT2D eigenvalue weighted by Gasteiger charge is 2.18. The number of carbonyl (C=O) groups excluding carboxylic acids is 1. The lowest BCUT2D eigenvalue weighted by atomic mass is 10.1. The molecule has 0 fully saturated rings. The van der Waals surface area contributed by atoms with Crippen LogP contribution in [-0.4, -0.2) is 20.7 Å². The van der Waals surface area contributed by atoms with Gasteiger partial charge in [-0.25, -0.2) is 0 Å². The zero-order chi connectivity index (χ0) is 26.2. The van der Waals surface area contributed by atoms with Gasteiger partial charge in [-0.15, -0.1) is 10.2 Å². The monoisotopic (exact) mass is 552 g/mol. The maximum atomic E-state index is 12.9. The molecule has 0 radical (unpaired) electrons. The predicted molar refractivity (Wildman–Crippen MR) is 153 cm³/mol. The molecule has 0 aliphatic rings. The van der Waals surface area contributed by atoms with Gasteiger partial charge in [-0.1, -0.05) is 96.7 Å². The lowest BCUT2D eigenvalue weighted by molar-refractivity contribution is 0.0949. The summed E-state index contributed by atoms with van der Waals surface area (Å²) in [7, 11) is 0. The van der Waals surface area contributed by atoms with Crippen molar-refractivity contribution < 1.29 is 4.79 Å². The molecule has 0 saturated carbocycles. The molecular formula is C29H30Cl2N4OS. The third-order valence-corrected chi connectivity index (χ3v) is 7.55. The highest BCUT2D eigenvalue weighted by Crippen LogP contribution is 2.31. The minimum atomic E-state index is -0.166. The number of thioether (sulfide) groups is 1. The van der Waals surface area contributed by atoms with Crippen LogP contribution < -0.4 is 5.32 Å². The second kappa shape index (κ2) is 13.1. The number of carbonyl (C=O) groups is 1. The molecule has 0 spiro atoms. The van der Waals surface area contributed by atoms with Crippen molar-refractivity contribution in [1.29, 1.82) is 0 Å². The first-order valence-electron chi connectivity index (χ1n) is 12.4. The summed E-state index contributed by atoms with van der Waals surface area (Å²) in [6, 6.07) is 21.4. The Morgan fingerprint density at radius 3 is 2.54 bits per heavy atom. The number of aryl methyl sites for hydroxylation is 2. The molecule has 1 heterocycles. The zero-order valence-corrected chi connectivity index (χ0v) is 23.3. The number of benzene rings is 3. The Bertz CT molecular complexity index is 1350. The molecule has 0 aliphatic heterocycles. The molecule has 3 aromatic carbocycles. The lowest BCUT2D eigenvalue weighted by Crippen LogP contribution is -2.24. The maximum absolute atomic E-state index is 12.9. The van der Waals surface area contributed by atoms with Crippen molar-refractivity contribution in [2.24, 2.45) is 0 Å². The van der Waals surface area contributed by atoms with Gasteiger partial charge in [0, 0.05) is 16.3 Å². The minimum absolute atomic E-state index is 0.166. The fourth-order valence-electron chi connectivity index (χ4n) is 4.02. The third kappa shape index (κ3) is 7.37. The van der Waals surface area contributed by atoms with Gasteiger partial charge in [0.05, 0.1) is 17.3 Å². The number of amides is 1. The van der Waals surface area contributed by atoms with Crippen LogP contribution in [0, 0.1) is 6.92 Å². The van der Waals surface area contributed by atoms with Gasteiger partial charge in [0.1, 0.15) is 0 Å². The van der Waals surface area contributed by atoms with Crippen molar-refractivity contribution in [3.8, 4) is 5.69 Å². The van der Waals surface area contributed by atoms with E-state index in [1.807, 2.05) is 34.9 Å². The number of nitrogens with one attached hydrogen (secondary N) is 1. The third-order valence-electron chi connectivity index (χ3n) is 5.99. The molecule has 0 unspecified atom stereocenters. The first kappa shape index (κ1) is 27.2. The van der Waals surface area contributed by atoms with Crippen LogP contribution in [0.1, 0.15) is 59.1 Å². The van der Waals surface area contributed by atoms with Gasteiger partial charge in [0.15, 0.2) is 11.0 Å². The maximum Gasteiger partial charge on any atom is 0.251 e. The van der Waals surface area contributed by atoms with Gasteiger partial charge >= 0.3 is 0 Å². The average molecular weight is 554 g/mol. The van der Waals surface area contributed by atoms with Crippen LogP contribution in [0.4, 0.5) is 0 Å². The number of halogens is 2. The van der Waals surface area contributed by atoms with Crippen molar-refractivity contribution in [2.75, 3.05) is 0 Å². The molecule has 4 rings (SSSR count). The summed E-state index contributed by atoms with van der Waals surface area (Å²) in [6.45, 7) is 4.46. The molecule has 0 bridgehead atoms. The average Bonchev–Trinajstić information content (AvgIpc) is 3.30. The summed E-state index contributed by atoms with van der Waals surface area (Å²) >= 11 is 14.4. The van der Waals surface area contributed by atoms with Gasteiger partial charge in [-0.3, -0.25) is 9.36 Å². The van der Waals surface area contributed by atoms with Gasteiger partial charge in [-0.05, 0) is 61.2 Å². The molecular weight excluding hydrogens is 523 g/mol. The summed E-state index contributed by atoms with van der Waals surface area (Å²) in [6.07, 6.45) is 4.60. The smallest absolute Gasteiger partial charge is 0.251 e. The van der Waals surface area contributed by atoms with Crippen molar-refractivity contribution in [2.45, 2.75) is 57.0 Å². The Hall–Kier alpha value is -2.80. The number of rotatable bonds is 11. The minimum Gasteiger partial charge on any atom is -0.345 e. The topological polar surface area (TPSA) is 59.8 Å². The van der Waals surface area contributed by atoms with E-state index in [1.165, 1.54) is 29.5 Å². The summed E-state index contributed by atoms with van der Waals surface area (Å²) < 4.78 is 1.87. The molecule has 192 valence electrons. The number of hydrogen-bond acceptors (Lipinski definition) is 4.